The second-order valence-electron chi connectivity index (χ2n) is 5.87. The molecule has 2 heterocycles. The van der Waals surface area contributed by atoms with E-state index < -0.39 is 0 Å². The van der Waals surface area contributed by atoms with E-state index in [1.807, 2.05) is 13.8 Å². The highest BCUT2D eigenvalue weighted by Crippen LogP contribution is 2.30. The first kappa shape index (κ1) is 15.7. The lowest BCUT2D eigenvalue weighted by molar-refractivity contribution is 0.114. The van der Waals surface area contributed by atoms with Gasteiger partial charge in [0.25, 0.3) is 0 Å². The molecule has 1 aliphatic rings. The Bertz CT molecular complexity index is 743. The largest absolute Gasteiger partial charge is 0.416 e. The zero-order chi connectivity index (χ0) is 16.4. The molecule has 0 saturated carbocycles. The number of rotatable bonds is 5. The summed E-state index contributed by atoms with van der Waals surface area (Å²) in [6.45, 7) is 8.58. The average molecular weight is 314 g/mol. The van der Waals surface area contributed by atoms with Crippen LogP contribution in [0.25, 0.3) is 10.9 Å². The molecule has 3 rings (SSSR count). The molecule has 0 bridgehead atoms. The van der Waals surface area contributed by atoms with Crippen molar-refractivity contribution in [3.8, 4) is 5.88 Å². The van der Waals surface area contributed by atoms with Crippen LogP contribution < -0.4 is 4.74 Å². The van der Waals surface area contributed by atoms with Crippen molar-refractivity contribution < 1.29 is 14.3 Å². The lowest BCUT2D eigenvalue weighted by Crippen LogP contribution is -2.38. The average Bonchev–Trinajstić information content (AvgIpc) is 2.54. The Morgan fingerprint density at radius 3 is 2.96 bits per heavy atom. The van der Waals surface area contributed by atoms with Gasteiger partial charge < -0.3 is 14.4 Å². The summed E-state index contributed by atoms with van der Waals surface area (Å²) in [5, 5.41) is 1.08. The summed E-state index contributed by atoms with van der Waals surface area (Å²) in [6, 6.07) is 6.24. The van der Waals surface area contributed by atoms with E-state index in [-0.39, 0.29) is 6.09 Å². The highest BCUT2D eigenvalue weighted by atomic mass is 16.6. The van der Waals surface area contributed by atoms with Gasteiger partial charge in [-0.2, -0.15) is 0 Å². The molecule has 0 radical (unpaired) electrons. The third kappa shape index (κ3) is 3.15. The molecule has 1 amide bonds. The predicted octanol–water partition coefficient (Wildman–Crippen LogP) is 3.59. The number of carbonyl (C=O) groups excluding carboxylic acids is 1. The van der Waals surface area contributed by atoms with Crippen molar-refractivity contribution in [3.63, 3.8) is 0 Å². The summed E-state index contributed by atoms with van der Waals surface area (Å²) < 4.78 is 10.8. The Kier molecular flexibility index (Phi) is 4.48. The molecule has 0 unspecified atom stereocenters. The quantitative estimate of drug-likeness (QED) is 0.791. The van der Waals surface area contributed by atoms with E-state index in [9.17, 15) is 4.79 Å². The van der Waals surface area contributed by atoms with Gasteiger partial charge in [-0.05, 0) is 44.4 Å². The van der Waals surface area contributed by atoms with Gasteiger partial charge in [-0.1, -0.05) is 12.1 Å². The van der Waals surface area contributed by atoms with E-state index in [1.54, 1.807) is 4.90 Å². The van der Waals surface area contributed by atoms with Gasteiger partial charge in [0.05, 0.1) is 12.1 Å². The van der Waals surface area contributed by atoms with Gasteiger partial charge >= 0.3 is 6.09 Å². The van der Waals surface area contributed by atoms with Crippen LogP contribution in [0, 0.1) is 13.8 Å². The molecular formula is C18H22N2O3. The van der Waals surface area contributed by atoms with Crippen molar-refractivity contribution in [2.75, 3.05) is 19.8 Å². The first-order chi connectivity index (χ1) is 11.1. The standard InChI is InChI=1S/C18H22N2O3/c1-4-22-9-5-8-20-11-15-10-14-7-6-12(2)13(3)16(14)19-17(15)23-18(20)21/h6-7,10H,4-5,8-9,11H2,1-3H3. The fraction of sp³-hybridized carbons (Fsp3) is 0.444. The maximum Gasteiger partial charge on any atom is 0.416 e. The SMILES string of the molecule is CCOCCCN1Cc2cc3ccc(C)c(C)c3nc2OC1=O. The molecule has 2 aromatic rings. The topological polar surface area (TPSA) is 51.7 Å². The monoisotopic (exact) mass is 314 g/mol. The van der Waals surface area contributed by atoms with Gasteiger partial charge in [0.1, 0.15) is 0 Å². The number of carbonyl (C=O) groups is 1. The molecule has 5 heteroatoms. The van der Waals surface area contributed by atoms with Gasteiger partial charge in [0.15, 0.2) is 0 Å². The van der Waals surface area contributed by atoms with E-state index in [4.69, 9.17) is 9.47 Å². The fourth-order valence-electron chi connectivity index (χ4n) is 2.80. The zero-order valence-corrected chi connectivity index (χ0v) is 13.9. The van der Waals surface area contributed by atoms with E-state index in [2.05, 4.69) is 30.1 Å². The van der Waals surface area contributed by atoms with Crippen LogP contribution in [-0.4, -0.2) is 35.7 Å². The second-order valence-corrected chi connectivity index (χ2v) is 5.87. The summed E-state index contributed by atoms with van der Waals surface area (Å²) in [7, 11) is 0. The first-order valence-corrected chi connectivity index (χ1v) is 8.04. The number of nitrogens with zero attached hydrogens (tertiary/aromatic N) is 2. The maximum atomic E-state index is 12.1. The molecule has 1 aliphatic heterocycles. The van der Waals surface area contributed by atoms with Crippen LogP contribution in [0.1, 0.15) is 30.0 Å². The predicted molar refractivity (Wildman–Crippen MR) is 88.8 cm³/mol. The molecule has 23 heavy (non-hydrogen) atoms. The third-order valence-corrected chi connectivity index (χ3v) is 4.28. The second kappa shape index (κ2) is 6.54. The Balaban J connectivity index is 1.84. The highest BCUT2D eigenvalue weighted by Gasteiger charge is 2.26. The number of ether oxygens (including phenoxy) is 2. The Morgan fingerprint density at radius 1 is 1.35 bits per heavy atom. The number of amides is 1. The van der Waals surface area contributed by atoms with Gasteiger partial charge in [0, 0.05) is 30.7 Å². The maximum absolute atomic E-state index is 12.1. The molecule has 122 valence electrons. The van der Waals surface area contributed by atoms with E-state index in [0.29, 0.717) is 32.2 Å². The zero-order valence-electron chi connectivity index (χ0n) is 13.9. The third-order valence-electron chi connectivity index (χ3n) is 4.28. The van der Waals surface area contributed by atoms with Crippen molar-refractivity contribution in [1.82, 2.24) is 9.88 Å². The summed E-state index contributed by atoms with van der Waals surface area (Å²) in [5.74, 6) is 0.442. The molecule has 0 fully saturated rings. The van der Waals surface area contributed by atoms with Crippen LogP contribution in [0.3, 0.4) is 0 Å². The van der Waals surface area contributed by atoms with E-state index in [1.165, 1.54) is 5.56 Å². The lowest BCUT2D eigenvalue weighted by Gasteiger charge is -2.27. The number of hydrogen-bond donors (Lipinski definition) is 0. The minimum absolute atomic E-state index is 0.328. The van der Waals surface area contributed by atoms with Crippen molar-refractivity contribution in [2.45, 2.75) is 33.7 Å². The van der Waals surface area contributed by atoms with Crippen LogP contribution in [0.5, 0.6) is 5.88 Å². The van der Waals surface area contributed by atoms with E-state index in [0.717, 1.165) is 28.5 Å². The summed E-state index contributed by atoms with van der Waals surface area (Å²) in [5.41, 5.74) is 4.17. The number of pyridine rings is 1. The Labute approximate surface area is 136 Å². The van der Waals surface area contributed by atoms with Crippen LogP contribution in [0.15, 0.2) is 18.2 Å². The fourth-order valence-corrected chi connectivity index (χ4v) is 2.80. The van der Waals surface area contributed by atoms with Crippen LogP contribution in [0.2, 0.25) is 0 Å². The van der Waals surface area contributed by atoms with E-state index >= 15 is 0 Å². The molecule has 0 saturated heterocycles. The number of aromatic nitrogens is 1. The molecule has 1 aromatic heterocycles. The number of hydrogen-bond acceptors (Lipinski definition) is 4. The number of fused-ring (bicyclic) bond motifs is 2. The van der Waals surface area contributed by atoms with Gasteiger partial charge in [-0.15, -0.1) is 0 Å². The van der Waals surface area contributed by atoms with Crippen molar-refractivity contribution >= 4 is 17.0 Å². The molecule has 0 N–H and O–H groups in total. The summed E-state index contributed by atoms with van der Waals surface area (Å²) in [4.78, 5) is 18.4. The van der Waals surface area contributed by atoms with Gasteiger partial charge in [-0.3, -0.25) is 0 Å². The van der Waals surface area contributed by atoms with Gasteiger partial charge in [-0.25, -0.2) is 9.78 Å². The Morgan fingerprint density at radius 2 is 2.17 bits per heavy atom. The summed E-state index contributed by atoms with van der Waals surface area (Å²) in [6.07, 6.45) is 0.476. The van der Waals surface area contributed by atoms with Crippen molar-refractivity contribution in [3.05, 3.63) is 34.9 Å². The van der Waals surface area contributed by atoms with Gasteiger partial charge in [0.2, 0.25) is 5.88 Å². The number of aryl methyl sites for hydroxylation is 2. The smallest absolute Gasteiger partial charge is 0.391 e. The van der Waals surface area contributed by atoms with Crippen LogP contribution in [-0.2, 0) is 11.3 Å². The normalized spacial score (nSPS) is 14.0. The Hall–Kier alpha value is -2.14. The molecular weight excluding hydrogens is 292 g/mol. The molecule has 0 aliphatic carbocycles. The number of benzene rings is 1. The molecule has 0 spiro atoms. The minimum atomic E-state index is -0.328. The van der Waals surface area contributed by atoms with Crippen molar-refractivity contribution in [1.29, 1.82) is 0 Å². The minimum Gasteiger partial charge on any atom is -0.391 e. The molecule has 0 atom stereocenters. The van der Waals surface area contributed by atoms with Crippen LogP contribution in [0.4, 0.5) is 4.79 Å². The first-order valence-electron chi connectivity index (χ1n) is 8.04. The lowest BCUT2D eigenvalue weighted by atomic mass is 10.0. The molecule has 1 aromatic carbocycles. The summed E-state index contributed by atoms with van der Waals surface area (Å²) >= 11 is 0. The molecule has 5 nitrogen and oxygen atoms in total. The highest BCUT2D eigenvalue weighted by molar-refractivity contribution is 5.85. The van der Waals surface area contributed by atoms with Crippen LogP contribution >= 0.6 is 0 Å². The van der Waals surface area contributed by atoms with Crippen molar-refractivity contribution in [2.24, 2.45) is 0 Å².